The molecule has 1 aromatic rings. The molecule has 0 spiro atoms. The molecule has 2 rings (SSSR count). The summed E-state index contributed by atoms with van der Waals surface area (Å²) in [5.41, 5.74) is 0. The van der Waals surface area contributed by atoms with Crippen molar-refractivity contribution in [2.24, 2.45) is 11.8 Å². The molecule has 0 aromatic carbocycles. The summed E-state index contributed by atoms with van der Waals surface area (Å²) in [5.74, 6) is 1.46. The number of rotatable bonds is 4. The van der Waals surface area contributed by atoms with E-state index in [4.69, 9.17) is 11.6 Å². The first kappa shape index (κ1) is 14.8. The maximum Gasteiger partial charge on any atom is 0.445 e. The van der Waals surface area contributed by atoms with Crippen molar-refractivity contribution in [1.82, 2.24) is 10.2 Å². The van der Waals surface area contributed by atoms with E-state index < -0.39 is 11.2 Å². The average molecular weight is 314 g/mol. The lowest BCUT2D eigenvalue weighted by Gasteiger charge is -2.30. The number of halogens is 4. The number of nitrogens with zero attached hydrogens (tertiary/aromatic N) is 2. The lowest BCUT2D eigenvalue weighted by molar-refractivity contribution is -0.138. The minimum Gasteiger partial charge on any atom is -0.360 e. The van der Waals surface area contributed by atoms with E-state index >= 15 is 0 Å². The molecule has 0 radical (unpaired) electrons. The summed E-state index contributed by atoms with van der Waals surface area (Å²) in [4.78, 5) is 0. The lowest BCUT2D eigenvalue weighted by atomic mass is 9.80. The Balaban J connectivity index is 1.89. The maximum atomic E-state index is 12.4. The monoisotopic (exact) mass is 313 g/mol. The van der Waals surface area contributed by atoms with Crippen LogP contribution in [-0.4, -0.2) is 22.6 Å². The second-order valence-corrected chi connectivity index (χ2v) is 6.04. The van der Waals surface area contributed by atoms with Gasteiger partial charge in [0, 0.05) is 12.4 Å². The quantitative estimate of drug-likeness (QED) is 0.853. The second-order valence-electron chi connectivity index (χ2n) is 4.75. The van der Waals surface area contributed by atoms with Crippen molar-refractivity contribution in [1.29, 1.82) is 0 Å². The molecule has 1 saturated carbocycles. The molecule has 0 amide bonds. The average Bonchev–Trinajstić information content (AvgIpc) is 2.85. The van der Waals surface area contributed by atoms with E-state index in [-0.39, 0.29) is 5.13 Å². The first-order valence-electron chi connectivity index (χ1n) is 6.21. The Bertz CT molecular complexity index is 410. The van der Waals surface area contributed by atoms with E-state index in [1.807, 2.05) is 0 Å². The van der Waals surface area contributed by atoms with Crippen molar-refractivity contribution >= 4 is 28.1 Å². The lowest BCUT2D eigenvalue weighted by Crippen LogP contribution is -2.27. The number of hydrogen-bond donors (Lipinski definition) is 1. The molecular weight excluding hydrogens is 299 g/mol. The Labute approximate surface area is 118 Å². The molecule has 3 nitrogen and oxygen atoms in total. The van der Waals surface area contributed by atoms with Crippen molar-refractivity contribution < 1.29 is 13.2 Å². The zero-order valence-electron chi connectivity index (χ0n) is 10.2. The van der Waals surface area contributed by atoms with Crippen molar-refractivity contribution in [3.05, 3.63) is 5.01 Å². The molecule has 19 heavy (non-hydrogen) atoms. The van der Waals surface area contributed by atoms with Gasteiger partial charge in [-0.1, -0.05) is 24.2 Å². The van der Waals surface area contributed by atoms with Gasteiger partial charge in [0.25, 0.3) is 0 Å². The Morgan fingerprint density at radius 2 is 1.89 bits per heavy atom. The third-order valence-corrected chi connectivity index (χ3v) is 4.77. The summed E-state index contributed by atoms with van der Waals surface area (Å²) < 4.78 is 37.1. The number of anilines is 1. The summed E-state index contributed by atoms with van der Waals surface area (Å²) in [5, 5.41) is 8.94. The fourth-order valence-electron chi connectivity index (χ4n) is 2.38. The van der Waals surface area contributed by atoms with Crippen LogP contribution in [0.25, 0.3) is 0 Å². The molecule has 0 bridgehead atoms. The van der Waals surface area contributed by atoms with Crippen LogP contribution in [0.4, 0.5) is 18.3 Å². The fraction of sp³-hybridized carbons (Fsp3) is 0.818. The highest BCUT2D eigenvalue weighted by Gasteiger charge is 2.35. The molecule has 1 heterocycles. The van der Waals surface area contributed by atoms with E-state index in [9.17, 15) is 13.2 Å². The van der Waals surface area contributed by atoms with Crippen LogP contribution in [0.15, 0.2) is 0 Å². The van der Waals surface area contributed by atoms with Gasteiger partial charge in [0.2, 0.25) is 10.1 Å². The highest BCUT2D eigenvalue weighted by Crippen LogP contribution is 2.34. The third kappa shape index (κ3) is 3.95. The highest BCUT2D eigenvalue weighted by atomic mass is 35.5. The van der Waals surface area contributed by atoms with Crippen molar-refractivity contribution in [3.8, 4) is 0 Å². The number of nitrogens with one attached hydrogen (secondary N) is 1. The highest BCUT2D eigenvalue weighted by molar-refractivity contribution is 7.15. The van der Waals surface area contributed by atoms with Crippen LogP contribution >= 0.6 is 22.9 Å². The van der Waals surface area contributed by atoms with Crippen LogP contribution in [-0.2, 0) is 6.18 Å². The van der Waals surface area contributed by atoms with E-state index in [0.29, 0.717) is 35.6 Å². The molecule has 1 aromatic heterocycles. The Kier molecular flexibility index (Phi) is 4.89. The fourth-order valence-corrected chi connectivity index (χ4v) is 3.41. The predicted molar refractivity (Wildman–Crippen MR) is 69.6 cm³/mol. The molecule has 0 saturated heterocycles. The molecule has 8 heteroatoms. The number of alkyl halides is 4. The SMILES string of the molecule is FC(F)(F)c1nnc(NCC2CCCCC2CCl)s1. The standard InChI is InChI=1S/C11H15ClF3N3S/c12-5-7-3-1-2-4-8(7)6-16-10-18-17-9(19-10)11(13,14)15/h7-8H,1-6H2,(H,16,18). The molecule has 0 aliphatic heterocycles. The van der Waals surface area contributed by atoms with Gasteiger partial charge in [-0.15, -0.1) is 21.8 Å². The van der Waals surface area contributed by atoms with Gasteiger partial charge in [0.1, 0.15) is 0 Å². The third-order valence-electron chi connectivity index (χ3n) is 3.45. The van der Waals surface area contributed by atoms with Gasteiger partial charge < -0.3 is 5.32 Å². The van der Waals surface area contributed by atoms with Crippen LogP contribution in [0.2, 0.25) is 0 Å². The molecule has 1 aliphatic rings. The van der Waals surface area contributed by atoms with E-state index in [2.05, 4.69) is 15.5 Å². The van der Waals surface area contributed by atoms with Crippen LogP contribution in [0, 0.1) is 11.8 Å². The predicted octanol–water partition coefficient (Wildman–Crippen LogP) is 4.01. The second kappa shape index (κ2) is 6.26. The minimum atomic E-state index is -4.42. The van der Waals surface area contributed by atoms with Crippen LogP contribution < -0.4 is 5.32 Å². The first-order chi connectivity index (χ1) is 9.00. The van der Waals surface area contributed by atoms with Crippen molar-refractivity contribution in [2.75, 3.05) is 17.7 Å². The Morgan fingerprint density at radius 1 is 1.21 bits per heavy atom. The normalized spacial score (nSPS) is 24.4. The van der Waals surface area contributed by atoms with Gasteiger partial charge in [-0.3, -0.25) is 0 Å². The topological polar surface area (TPSA) is 37.8 Å². The van der Waals surface area contributed by atoms with Crippen molar-refractivity contribution in [3.63, 3.8) is 0 Å². The molecule has 2 unspecified atom stereocenters. The zero-order valence-corrected chi connectivity index (χ0v) is 11.8. The molecule has 1 aliphatic carbocycles. The van der Waals surface area contributed by atoms with E-state index in [0.717, 1.165) is 19.3 Å². The zero-order chi connectivity index (χ0) is 13.9. The molecule has 1 fully saturated rings. The minimum absolute atomic E-state index is 0.228. The smallest absolute Gasteiger partial charge is 0.360 e. The molecular formula is C11H15ClF3N3S. The molecule has 108 valence electrons. The largest absolute Gasteiger partial charge is 0.445 e. The van der Waals surface area contributed by atoms with Gasteiger partial charge in [-0.25, -0.2) is 0 Å². The van der Waals surface area contributed by atoms with Gasteiger partial charge in [-0.05, 0) is 24.7 Å². The first-order valence-corrected chi connectivity index (χ1v) is 7.56. The molecule has 1 N–H and O–H groups in total. The van der Waals surface area contributed by atoms with Crippen LogP contribution in [0.1, 0.15) is 30.7 Å². The summed E-state index contributed by atoms with van der Waals surface area (Å²) in [7, 11) is 0. The van der Waals surface area contributed by atoms with Crippen LogP contribution in [0.3, 0.4) is 0 Å². The summed E-state index contributed by atoms with van der Waals surface area (Å²) in [6, 6.07) is 0. The van der Waals surface area contributed by atoms with Gasteiger partial charge >= 0.3 is 6.18 Å². The summed E-state index contributed by atoms with van der Waals surface area (Å²) in [6.07, 6.45) is 0.0881. The van der Waals surface area contributed by atoms with Crippen LogP contribution in [0.5, 0.6) is 0 Å². The number of aromatic nitrogens is 2. The summed E-state index contributed by atoms with van der Waals surface area (Å²) >= 11 is 6.46. The Morgan fingerprint density at radius 3 is 2.47 bits per heavy atom. The van der Waals surface area contributed by atoms with E-state index in [1.54, 1.807) is 0 Å². The van der Waals surface area contributed by atoms with Gasteiger partial charge in [0.05, 0.1) is 0 Å². The maximum absolute atomic E-state index is 12.4. The van der Waals surface area contributed by atoms with E-state index in [1.165, 1.54) is 6.42 Å². The van der Waals surface area contributed by atoms with Gasteiger partial charge in [-0.2, -0.15) is 13.2 Å². The van der Waals surface area contributed by atoms with Crippen molar-refractivity contribution in [2.45, 2.75) is 31.9 Å². The molecule has 2 atom stereocenters. The Hall–Kier alpha value is -0.560. The van der Waals surface area contributed by atoms with Gasteiger partial charge in [0.15, 0.2) is 0 Å². The summed E-state index contributed by atoms with van der Waals surface area (Å²) in [6.45, 7) is 0.615. The number of hydrogen-bond acceptors (Lipinski definition) is 4.